The lowest BCUT2D eigenvalue weighted by Gasteiger charge is -2.13. The van der Waals surface area contributed by atoms with Crippen molar-refractivity contribution in [3.8, 4) is 11.4 Å². The summed E-state index contributed by atoms with van der Waals surface area (Å²) in [7, 11) is -1.72. The van der Waals surface area contributed by atoms with Gasteiger partial charge in [-0.05, 0) is 62.1 Å². The van der Waals surface area contributed by atoms with Crippen LogP contribution >= 0.6 is 11.6 Å². The third kappa shape index (κ3) is 3.54. The molecule has 0 unspecified atom stereocenters. The SMILES string of the molecule is Cc1cc(S(=O)(=O)Nc2cccc(-c3ncc(C4CC4)n3C)c2)c(C)cc1Cl. The lowest BCUT2D eigenvalue weighted by molar-refractivity contribution is 0.600. The van der Waals surface area contributed by atoms with E-state index in [-0.39, 0.29) is 4.90 Å². The third-order valence-electron chi connectivity index (χ3n) is 5.14. The summed E-state index contributed by atoms with van der Waals surface area (Å²) in [4.78, 5) is 4.78. The van der Waals surface area contributed by atoms with Crippen molar-refractivity contribution in [1.29, 1.82) is 0 Å². The number of hydrogen-bond donors (Lipinski definition) is 1. The first-order chi connectivity index (χ1) is 13.3. The zero-order valence-electron chi connectivity index (χ0n) is 16.0. The van der Waals surface area contributed by atoms with E-state index in [1.807, 2.05) is 31.4 Å². The first kappa shape index (κ1) is 19.0. The molecule has 0 atom stereocenters. The van der Waals surface area contributed by atoms with Gasteiger partial charge < -0.3 is 4.57 Å². The quantitative estimate of drug-likeness (QED) is 0.635. The molecule has 1 saturated carbocycles. The summed E-state index contributed by atoms with van der Waals surface area (Å²) in [5.74, 6) is 1.44. The van der Waals surface area contributed by atoms with E-state index in [1.165, 1.54) is 18.5 Å². The van der Waals surface area contributed by atoms with Crippen LogP contribution in [0.25, 0.3) is 11.4 Å². The summed E-state index contributed by atoms with van der Waals surface area (Å²) in [5, 5.41) is 0.555. The van der Waals surface area contributed by atoms with Gasteiger partial charge in [-0.25, -0.2) is 13.4 Å². The van der Waals surface area contributed by atoms with Gasteiger partial charge in [-0.3, -0.25) is 4.72 Å². The summed E-state index contributed by atoms with van der Waals surface area (Å²) >= 11 is 6.10. The van der Waals surface area contributed by atoms with Crippen molar-refractivity contribution in [3.63, 3.8) is 0 Å². The van der Waals surface area contributed by atoms with E-state index < -0.39 is 10.0 Å². The van der Waals surface area contributed by atoms with Crippen molar-refractivity contribution in [3.05, 3.63) is 64.4 Å². The van der Waals surface area contributed by atoms with E-state index in [9.17, 15) is 8.42 Å². The molecule has 0 spiro atoms. The van der Waals surface area contributed by atoms with Crippen molar-refractivity contribution >= 4 is 27.3 Å². The number of imidazole rings is 1. The zero-order chi connectivity index (χ0) is 20.1. The molecule has 0 amide bonds. The largest absolute Gasteiger partial charge is 0.331 e. The van der Waals surface area contributed by atoms with Gasteiger partial charge in [0.25, 0.3) is 10.0 Å². The fourth-order valence-corrected chi connectivity index (χ4v) is 5.01. The number of aromatic nitrogens is 2. The molecule has 1 fully saturated rings. The first-order valence-electron chi connectivity index (χ1n) is 9.18. The number of halogens is 1. The second-order valence-corrected chi connectivity index (χ2v) is 9.45. The second kappa shape index (κ2) is 6.94. The summed E-state index contributed by atoms with van der Waals surface area (Å²) in [6, 6.07) is 10.6. The van der Waals surface area contributed by atoms with Crippen molar-refractivity contribution < 1.29 is 8.42 Å². The van der Waals surface area contributed by atoms with Crippen LogP contribution in [0.1, 0.15) is 35.6 Å². The average Bonchev–Trinajstić information content (AvgIpc) is 3.40. The number of sulfonamides is 1. The number of benzene rings is 2. The van der Waals surface area contributed by atoms with Gasteiger partial charge in [0.05, 0.1) is 4.90 Å². The highest BCUT2D eigenvalue weighted by atomic mass is 35.5. The summed E-state index contributed by atoms with van der Waals surface area (Å²) in [6.45, 7) is 3.53. The second-order valence-electron chi connectivity index (χ2n) is 7.39. The van der Waals surface area contributed by atoms with Crippen LogP contribution in [0, 0.1) is 13.8 Å². The minimum absolute atomic E-state index is 0.229. The van der Waals surface area contributed by atoms with Gasteiger partial charge in [0.2, 0.25) is 0 Å². The predicted molar refractivity (Wildman–Crippen MR) is 112 cm³/mol. The zero-order valence-corrected chi connectivity index (χ0v) is 17.6. The predicted octanol–water partition coefficient (Wildman–Crippen LogP) is 5.04. The molecule has 3 aromatic rings. The number of hydrogen-bond acceptors (Lipinski definition) is 3. The molecule has 0 bridgehead atoms. The summed E-state index contributed by atoms with van der Waals surface area (Å²) in [5.41, 5.74) is 3.94. The Morgan fingerprint density at radius 1 is 1.14 bits per heavy atom. The minimum atomic E-state index is -3.73. The average molecular weight is 416 g/mol. The van der Waals surface area contributed by atoms with Crippen LogP contribution in [0.4, 0.5) is 5.69 Å². The highest BCUT2D eigenvalue weighted by Gasteiger charge is 2.27. The van der Waals surface area contributed by atoms with E-state index in [0.717, 1.165) is 17.0 Å². The molecule has 1 aliphatic carbocycles. The van der Waals surface area contributed by atoms with E-state index >= 15 is 0 Å². The van der Waals surface area contributed by atoms with Crippen LogP contribution in [-0.4, -0.2) is 18.0 Å². The third-order valence-corrected chi connectivity index (χ3v) is 7.07. The molecular weight excluding hydrogens is 394 g/mol. The molecule has 1 heterocycles. The van der Waals surface area contributed by atoms with Gasteiger partial charge in [-0.2, -0.15) is 0 Å². The Morgan fingerprint density at radius 2 is 1.89 bits per heavy atom. The number of nitrogens with one attached hydrogen (secondary N) is 1. The molecule has 1 aliphatic rings. The molecule has 1 aromatic heterocycles. The van der Waals surface area contributed by atoms with Crippen LogP contribution in [0.5, 0.6) is 0 Å². The Morgan fingerprint density at radius 3 is 2.61 bits per heavy atom. The highest BCUT2D eigenvalue weighted by molar-refractivity contribution is 7.92. The van der Waals surface area contributed by atoms with E-state index in [2.05, 4.69) is 14.3 Å². The standard InChI is InChI=1S/C21H22ClN3O2S/c1-13-10-20(14(2)9-18(13)22)28(26,27)24-17-6-4-5-16(11-17)21-23-12-19(25(21)3)15-7-8-15/h4-6,9-12,15,24H,7-8H2,1-3H3. The van der Waals surface area contributed by atoms with Crippen molar-refractivity contribution in [2.75, 3.05) is 4.72 Å². The van der Waals surface area contributed by atoms with Gasteiger partial charge in [0.1, 0.15) is 5.82 Å². The van der Waals surface area contributed by atoms with Crippen molar-refractivity contribution in [1.82, 2.24) is 9.55 Å². The maximum absolute atomic E-state index is 12.9. The van der Waals surface area contributed by atoms with Gasteiger partial charge >= 0.3 is 0 Å². The lowest BCUT2D eigenvalue weighted by Crippen LogP contribution is -2.14. The maximum Gasteiger partial charge on any atom is 0.262 e. The van der Waals surface area contributed by atoms with Crippen LogP contribution in [0.3, 0.4) is 0 Å². The maximum atomic E-state index is 12.9. The van der Waals surface area contributed by atoms with Gasteiger partial charge in [0, 0.05) is 41.1 Å². The van der Waals surface area contributed by atoms with E-state index in [1.54, 1.807) is 32.0 Å². The highest BCUT2D eigenvalue weighted by Crippen LogP contribution is 2.41. The van der Waals surface area contributed by atoms with E-state index in [0.29, 0.717) is 22.2 Å². The number of nitrogens with zero attached hydrogens (tertiary/aromatic N) is 2. The Hall–Kier alpha value is -2.31. The normalized spacial score (nSPS) is 14.3. The summed E-state index contributed by atoms with van der Waals surface area (Å²) < 4.78 is 30.6. The molecule has 2 aromatic carbocycles. The van der Waals surface area contributed by atoms with Crippen molar-refractivity contribution in [2.45, 2.75) is 37.5 Å². The lowest BCUT2D eigenvalue weighted by atomic mass is 10.2. The molecule has 0 radical (unpaired) electrons. The smallest absolute Gasteiger partial charge is 0.262 e. The topological polar surface area (TPSA) is 64.0 Å². The molecule has 1 N–H and O–H groups in total. The number of rotatable bonds is 5. The van der Waals surface area contributed by atoms with Crippen LogP contribution in [-0.2, 0) is 17.1 Å². The van der Waals surface area contributed by atoms with Crippen LogP contribution in [0.15, 0.2) is 47.5 Å². The monoisotopic (exact) mass is 415 g/mol. The molecule has 5 nitrogen and oxygen atoms in total. The molecule has 7 heteroatoms. The minimum Gasteiger partial charge on any atom is -0.331 e. The van der Waals surface area contributed by atoms with Crippen LogP contribution < -0.4 is 4.72 Å². The first-order valence-corrected chi connectivity index (χ1v) is 11.0. The van der Waals surface area contributed by atoms with Gasteiger partial charge in [-0.1, -0.05) is 23.7 Å². The molecular formula is C21H22ClN3O2S. The molecule has 146 valence electrons. The van der Waals surface area contributed by atoms with Crippen molar-refractivity contribution in [2.24, 2.45) is 7.05 Å². The molecule has 4 rings (SSSR count). The Balaban J connectivity index is 1.66. The number of anilines is 1. The fourth-order valence-electron chi connectivity index (χ4n) is 3.43. The summed E-state index contributed by atoms with van der Waals surface area (Å²) in [6.07, 6.45) is 4.33. The Bertz CT molecular complexity index is 1160. The van der Waals surface area contributed by atoms with Gasteiger partial charge in [0.15, 0.2) is 0 Å². The van der Waals surface area contributed by atoms with E-state index in [4.69, 9.17) is 11.6 Å². The Labute approximate surface area is 170 Å². The fraction of sp³-hybridized carbons (Fsp3) is 0.286. The number of aryl methyl sites for hydroxylation is 2. The Kier molecular flexibility index (Phi) is 4.71. The molecule has 28 heavy (non-hydrogen) atoms. The molecule has 0 saturated heterocycles. The molecule has 0 aliphatic heterocycles. The van der Waals surface area contributed by atoms with Gasteiger partial charge in [-0.15, -0.1) is 0 Å². The van der Waals surface area contributed by atoms with Crippen LogP contribution in [0.2, 0.25) is 5.02 Å².